The molecule has 9 nitrogen and oxygen atoms in total. The van der Waals surface area contributed by atoms with Gasteiger partial charge < -0.3 is 0 Å². The van der Waals surface area contributed by atoms with Gasteiger partial charge in [0.1, 0.15) is 59.7 Å². The lowest BCUT2D eigenvalue weighted by Gasteiger charge is -2.18. The quantitative estimate of drug-likeness (QED) is 0.180. The monoisotopic (exact) mass is 759 g/mol. The van der Waals surface area contributed by atoms with Gasteiger partial charge in [-0.05, 0) is 35.4 Å². The molecule has 18 heteroatoms. The molecule has 2 aliphatic carbocycles. The van der Waals surface area contributed by atoms with Gasteiger partial charge in [0.25, 0.3) is 0 Å². The fourth-order valence-corrected chi connectivity index (χ4v) is 6.52. The van der Waals surface area contributed by atoms with E-state index in [1.807, 2.05) is 0 Å². The Kier molecular flexibility index (Phi) is 9.26. The third kappa shape index (κ3) is 5.69. The van der Waals surface area contributed by atoms with Crippen LogP contribution in [0.1, 0.15) is 66.8 Å². The molecule has 0 N–H and O–H groups in total. The molecule has 3 aromatic rings. The van der Waals surface area contributed by atoms with E-state index in [2.05, 4.69) is 0 Å². The Bertz CT molecular complexity index is 2880. The van der Waals surface area contributed by atoms with E-state index in [0.717, 1.165) is 6.07 Å². The predicted molar refractivity (Wildman–Crippen MR) is 170 cm³/mol. The van der Waals surface area contributed by atoms with Gasteiger partial charge in [-0.15, -0.1) is 0 Å². The van der Waals surface area contributed by atoms with Gasteiger partial charge in [0.2, 0.25) is 0 Å². The summed E-state index contributed by atoms with van der Waals surface area (Å²) in [6.07, 6.45) is -16.3. The van der Waals surface area contributed by atoms with Crippen molar-refractivity contribution < 1.29 is 39.5 Å². The molecule has 0 spiro atoms. The van der Waals surface area contributed by atoms with Gasteiger partial charge in [-0.3, -0.25) is 0 Å². The minimum absolute atomic E-state index is 0.0187. The van der Waals surface area contributed by atoms with E-state index in [9.17, 15) is 86.9 Å². The van der Waals surface area contributed by atoms with Gasteiger partial charge in [-0.2, -0.15) is 86.9 Å². The molecule has 0 heterocycles. The van der Waals surface area contributed by atoms with E-state index in [0.29, 0.717) is 18.2 Å². The van der Waals surface area contributed by atoms with Crippen molar-refractivity contribution in [3.05, 3.63) is 114 Å². The molecule has 56 heavy (non-hydrogen) atoms. The zero-order valence-corrected chi connectivity index (χ0v) is 26.9. The number of allylic oxidation sites excluding steroid dienone is 8. The van der Waals surface area contributed by atoms with Crippen LogP contribution in [0.25, 0.3) is 33.4 Å². The number of fused-ring (bicyclic) bond motifs is 2. The van der Waals surface area contributed by atoms with E-state index in [-0.39, 0.29) is 12.1 Å². The first-order chi connectivity index (χ1) is 26.3. The summed E-state index contributed by atoms with van der Waals surface area (Å²) in [4.78, 5) is 0. The molecule has 0 bridgehead atoms. The van der Waals surface area contributed by atoms with Crippen LogP contribution in [0, 0.1) is 102 Å². The second-order valence-electron chi connectivity index (χ2n) is 11.3. The van der Waals surface area contributed by atoms with Crippen LogP contribution in [0.3, 0.4) is 0 Å². The fourth-order valence-electron chi connectivity index (χ4n) is 6.52. The van der Waals surface area contributed by atoms with Crippen LogP contribution in [-0.2, 0) is 18.5 Å². The van der Waals surface area contributed by atoms with Gasteiger partial charge in [0.05, 0.1) is 50.6 Å². The molecule has 0 radical (unpaired) electrons. The average Bonchev–Trinajstić information content (AvgIpc) is 3.67. The number of rotatable bonds is 2. The van der Waals surface area contributed by atoms with Crippen molar-refractivity contribution in [2.45, 2.75) is 18.5 Å². The van der Waals surface area contributed by atoms with Crippen LogP contribution in [0.2, 0.25) is 0 Å². The first-order valence-electron chi connectivity index (χ1n) is 14.7. The first kappa shape index (κ1) is 38.6. The van der Waals surface area contributed by atoms with E-state index in [1.165, 1.54) is 30.3 Å². The lowest BCUT2D eigenvalue weighted by atomic mass is 9.82. The first-order valence-corrected chi connectivity index (χ1v) is 14.7. The average molecular weight is 760 g/mol. The maximum atomic E-state index is 14.1. The number of nitrogens with zero attached hydrogens (tertiary/aromatic N) is 9. The highest BCUT2D eigenvalue weighted by atomic mass is 19.4. The van der Waals surface area contributed by atoms with Crippen molar-refractivity contribution in [3.8, 4) is 54.6 Å². The molecule has 0 saturated heterocycles. The van der Waals surface area contributed by atoms with E-state index in [1.54, 1.807) is 24.3 Å². The summed E-state index contributed by atoms with van der Waals surface area (Å²) in [6.45, 7) is 0. The van der Waals surface area contributed by atoms with Crippen LogP contribution in [-0.4, -0.2) is 0 Å². The second-order valence-corrected chi connectivity index (χ2v) is 11.3. The van der Waals surface area contributed by atoms with Crippen LogP contribution >= 0.6 is 0 Å². The smallest absolute Gasteiger partial charge is 0.192 e. The van der Waals surface area contributed by atoms with Crippen molar-refractivity contribution in [1.82, 2.24) is 0 Å². The fraction of sp³-hybridized carbons (Fsp3) is 0.0789. The standard InChI is InChI=1S/C38H6F9N9/c39-36(40,41)25-3-1-16(5-18(25)7-48)28-21(12-53)32-23(14-55)33-22(13-54)29(17-2-4-26(37(42,43)44)27(6-17)38(45,46)47)31(20(10-51)11-52)35(33)24(15-56)34(32)30(28)19(8-49)9-50/h1-6H. The number of halogens is 9. The largest absolute Gasteiger partial charge is 0.417 e. The Morgan fingerprint density at radius 3 is 1.12 bits per heavy atom. The van der Waals surface area contributed by atoms with Crippen LogP contribution < -0.4 is 0 Å². The summed E-state index contributed by atoms with van der Waals surface area (Å²) in [7, 11) is 0. The van der Waals surface area contributed by atoms with E-state index >= 15 is 0 Å². The number of alkyl halides is 9. The second kappa shape index (κ2) is 13.4. The third-order valence-corrected chi connectivity index (χ3v) is 8.55. The molecular formula is C38H6F9N9. The summed E-state index contributed by atoms with van der Waals surface area (Å²) in [5.41, 5.74) is -18.8. The van der Waals surface area contributed by atoms with Crippen molar-refractivity contribution in [3.63, 3.8) is 0 Å². The van der Waals surface area contributed by atoms with Crippen molar-refractivity contribution in [2.24, 2.45) is 0 Å². The Morgan fingerprint density at radius 2 is 0.786 bits per heavy atom. The van der Waals surface area contributed by atoms with Gasteiger partial charge >= 0.3 is 18.5 Å². The Morgan fingerprint density at radius 1 is 0.411 bits per heavy atom. The molecule has 0 unspecified atom stereocenters. The number of nitriles is 9. The predicted octanol–water partition coefficient (Wildman–Crippen LogP) is 8.86. The molecule has 2 aliphatic rings. The lowest BCUT2D eigenvalue weighted by Crippen LogP contribution is -2.16. The molecule has 266 valence electrons. The minimum atomic E-state index is -5.68. The highest BCUT2D eigenvalue weighted by Gasteiger charge is 2.46. The summed E-state index contributed by atoms with van der Waals surface area (Å²) >= 11 is 0. The van der Waals surface area contributed by atoms with Crippen LogP contribution in [0.4, 0.5) is 39.5 Å². The molecule has 0 amide bonds. The molecule has 5 rings (SSSR count). The van der Waals surface area contributed by atoms with Gasteiger partial charge in [-0.25, -0.2) is 0 Å². The Labute approximate surface area is 307 Å². The molecule has 0 atom stereocenters. The topological polar surface area (TPSA) is 214 Å². The van der Waals surface area contributed by atoms with E-state index < -0.39 is 130 Å². The number of hydrogen-bond acceptors (Lipinski definition) is 9. The van der Waals surface area contributed by atoms with Crippen LogP contribution in [0.15, 0.2) is 47.5 Å². The summed E-state index contributed by atoms with van der Waals surface area (Å²) in [5, 5.41) is 91.9. The molecule has 0 aromatic heterocycles. The van der Waals surface area contributed by atoms with Crippen molar-refractivity contribution in [1.29, 1.82) is 47.4 Å². The maximum Gasteiger partial charge on any atom is 0.417 e. The molecule has 0 fully saturated rings. The zero-order chi connectivity index (χ0) is 41.7. The highest BCUT2D eigenvalue weighted by molar-refractivity contribution is 6.32. The van der Waals surface area contributed by atoms with Crippen molar-refractivity contribution >= 4 is 33.4 Å². The normalized spacial score (nSPS) is 13.1. The summed E-state index contributed by atoms with van der Waals surface area (Å²) < 4.78 is 125. The molecule has 3 aromatic carbocycles. The number of benzene rings is 3. The van der Waals surface area contributed by atoms with Crippen molar-refractivity contribution in [2.75, 3.05) is 0 Å². The van der Waals surface area contributed by atoms with Gasteiger partial charge in [-0.1, -0.05) is 12.1 Å². The van der Waals surface area contributed by atoms with Gasteiger partial charge in [0, 0.05) is 44.5 Å². The van der Waals surface area contributed by atoms with Gasteiger partial charge in [0.15, 0.2) is 0 Å². The molecule has 0 saturated carbocycles. The zero-order valence-electron chi connectivity index (χ0n) is 26.9. The van der Waals surface area contributed by atoms with Crippen LogP contribution in [0.5, 0.6) is 0 Å². The summed E-state index contributed by atoms with van der Waals surface area (Å²) in [6, 6.07) is 16.2. The SMILES string of the molecule is N#CC(C#N)=C1C(c2ccc(C(F)(F)F)c(C#N)c2)=C(C#N)c2c(C#N)c3c(c(C#N)c21)C(=C(C#N)C#N)C(c1ccc(C(F)(F)F)c(C(F)(F)F)c1)=C3C#N. The highest BCUT2D eigenvalue weighted by Crippen LogP contribution is 2.58. The van der Waals surface area contributed by atoms with E-state index in [4.69, 9.17) is 0 Å². The minimum Gasteiger partial charge on any atom is -0.192 e. The molecular weight excluding hydrogens is 753 g/mol. The molecule has 0 aliphatic heterocycles. The Balaban J connectivity index is 2.08. The lowest BCUT2D eigenvalue weighted by molar-refractivity contribution is -0.162. The maximum absolute atomic E-state index is 14.1. The Hall–Kier alpha value is -8.60. The number of hydrogen-bond donors (Lipinski definition) is 0. The third-order valence-electron chi connectivity index (χ3n) is 8.55. The summed E-state index contributed by atoms with van der Waals surface area (Å²) in [5.74, 6) is 0.